The number of amides is 2. The average molecular weight is 273 g/mol. The predicted octanol–water partition coefficient (Wildman–Crippen LogP) is -0.770. The third kappa shape index (κ3) is 7.66. The third-order valence-electron chi connectivity index (χ3n) is 2.01. The molecule has 0 saturated carbocycles. The molecule has 0 radical (unpaired) electrons. The van der Waals surface area contributed by atoms with Gasteiger partial charge in [0.1, 0.15) is 0 Å². The van der Waals surface area contributed by atoms with Gasteiger partial charge in [-0.15, -0.1) is 0 Å². The average Bonchev–Trinajstić information content (AvgIpc) is 2.61. The van der Waals surface area contributed by atoms with Crippen LogP contribution in [0.3, 0.4) is 0 Å². The number of imide groups is 1. The van der Waals surface area contributed by atoms with Gasteiger partial charge in [-0.05, 0) is 6.42 Å². The van der Waals surface area contributed by atoms with Gasteiger partial charge in [-0.25, -0.2) is 0 Å². The Kier molecular flexibility index (Phi) is 7.78. The van der Waals surface area contributed by atoms with E-state index in [-0.39, 0.29) is 44.2 Å². The van der Waals surface area contributed by atoms with Gasteiger partial charge < -0.3 is 15.3 Å². The minimum Gasteiger partial charge on any atom is -0.481 e. The topological polar surface area (TPSA) is 132 Å². The second-order valence-electron chi connectivity index (χ2n) is 3.53. The molecule has 0 aromatic heterocycles. The van der Waals surface area contributed by atoms with E-state index < -0.39 is 11.9 Å². The fraction of sp³-hybridized carbons (Fsp3) is 0.455. The standard InChI is InChI=1S/C6H7NO3.C5H8O4/c8-4-3-7-5(9)1-2-6(7)10;6-4(7)2-1-3-5(8)9/h1-2,8H,3-4H2;1-3H2,(H,6,7)(H,8,9). The van der Waals surface area contributed by atoms with Crippen LogP contribution in [-0.2, 0) is 19.2 Å². The summed E-state index contributed by atoms with van der Waals surface area (Å²) in [6, 6.07) is 0. The molecule has 0 aromatic carbocycles. The summed E-state index contributed by atoms with van der Waals surface area (Å²) < 4.78 is 0. The highest BCUT2D eigenvalue weighted by atomic mass is 16.4. The number of carbonyl (C=O) groups excluding carboxylic acids is 2. The lowest BCUT2D eigenvalue weighted by Crippen LogP contribution is -2.32. The van der Waals surface area contributed by atoms with Crippen LogP contribution in [0.25, 0.3) is 0 Å². The smallest absolute Gasteiger partial charge is 0.303 e. The minimum absolute atomic E-state index is 0.0632. The van der Waals surface area contributed by atoms with E-state index in [9.17, 15) is 19.2 Å². The first-order valence-corrected chi connectivity index (χ1v) is 5.46. The van der Waals surface area contributed by atoms with Crippen LogP contribution in [0.15, 0.2) is 12.2 Å². The number of carboxylic acid groups (broad SMARTS) is 2. The highest BCUT2D eigenvalue weighted by molar-refractivity contribution is 6.12. The summed E-state index contributed by atoms with van der Waals surface area (Å²) in [5.41, 5.74) is 0. The maximum atomic E-state index is 10.7. The first-order valence-electron chi connectivity index (χ1n) is 5.46. The van der Waals surface area contributed by atoms with Crippen LogP contribution in [0, 0.1) is 0 Å². The van der Waals surface area contributed by atoms with Crippen molar-refractivity contribution in [1.29, 1.82) is 0 Å². The molecular weight excluding hydrogens is 258 g/mol. The monoisotopic (exact) mass is 273 g/mol. The normalized spacial score (nSPS) is 13.2. The fourth-order valence-electron chi connectivity index (χ4n) is 1.14. The van der Waals surface area contributed by atoms with Crippen molar-refractivity contribution in [3.63, 3.8) is 0 Å². The first-order chi connectivity index (χ1) is 8.88. The second-order valence-corrected chi connectivity index (χ2v) is 3.53. The largest absolute Gasteiger partial charge is 0.481 e. The highest BCUT2D eigenvalue weighted by Crippen LogP contribution is 2.01. The number of aliphatic carboxylic acids is 2. The van der Waals surface area contributed by atoms with Crippen molar-refractivity contribution < 1.29 is 34.5 Å². The van der Waals surface area contributed by atoms with Gasteiger partial charge in [0.2, 0.25) is 0 Å². The van der Waals surface area contributed by atoms with Crippen LogP contribution in [-0.4, -0.2) is 57.1 Å². The molecule has 0 bridgehead atoms. The molecule has 0 unspecified atom stereocenters. The summed E-state index contributed by atoms with van der Waals surface area (Å²) in [4.78, 5) is 41.9. The molecule has 1 aliphatic heterocycles. The SMILES string of the molecule is O=C(O)CCCC(=O)O.O=C1C=CC(=O)N1CCO. The van der Waals surface area contributed by atoms with Crippen molar-refractivity contribution in [1.82, 2.24) is 4.90 Å². The number of β-amino-alcohol motifs (C(OH)–C–C–N with tert-alkyl or cyclic N) is 1. The fourth-order valence-corrected chi connectivity index (χ4v) is 1.14. The molecule has 2 amide bonds. The molecule has 1 aliphatic rings. The number of hydrogen-bond donors (Lipinski definition) is 3. The van der Waals surface area contributed by atoms with Gasteiger partial charge >= 0.3 is 11.9 Å². The van der Waals surface area contributed by atoms with Gasteiger partial charge in [-0.3, -0.25) is 24.1 Å². The number of rotatable bonds is 6. The van der Waals surface area contributed by atoms with Crippen LogP contribution in [0.1, 0.15) is 19.3 Å². The first kappa shape index (κ1) is 16.8. The van der Waals surface area contributed by atoms with Crippen LogP contribution >= 0.6 is 0 Å². The second kappa shape index (κ2) is 8.81. The van der Waals surface area contributed by atoms with Crippen LogP contribution in [0.5, 0.6) is 0 Å². The molecular formula is C11H15NO7. The number of aliphatic hydroxyl groups excluding tert-OH is 1. The summed E-state index contributed by atoms with van der Waals surface area (Å²) >= 11 is 0. The quantitative estimate of drug-likeness (QED) is 0.541. The summed E-state index contributed by atoms with van der Waals surface area (Å²) in [6.45, 7) is -0.0934. The van der Waals surface area contributed by atoms with Crippen molar-refractivity contribution in [3.8, 4) is 0 Å². The molecule has 19 heavy (non-hydrogen) atoms. The summed E-state index contributed by atoms with van der Waals surface area (Å²) in [7, 11) is 0. The van der Waals surface area contributed by atoms with Crippen molar-refractivity contribution in [2.75, 3.05) is 13.2 Å². The summed E-state index contributed by atoms with van der Waals surface area (Å²) in [6.07, 6.45) is 2.47. The molecule has 0 saturated heterocycles. The highest BCUT2D eigenvalue weighted by Gasteiger charge is 2.21. The van der Waals surface area contributed by atoms with E-state index in [0.29, 0.717) is 0 Å². The van der Waals surface area contributed by atoms with E-state index in [1.54, 1.807) is 0 Å². The molecule has 8 nitrogen and oxygen atoms in total. The summed E-state index contributed by atoms with van der Waals surface area (Å²) in [5.74, 6) is -2.59. The van der Waals surface area contributed by atoms with E-state index in [0.717, 1.165) is 4.90 Å². The zero-order chi connectivity index (χ0) is 14.8. The lowest BCUT2D eigenvalue weighted by Gasteiger charge is -2.10. The van der Waals surface area contributed by atoms with Crippen molar-refractivity contribution >= 4 is 23.8 Å². The third-order valence-corrected chi connectivity index (χ3v) is 2.01. The van der Waals surface area contributed by atoms with Gasteiger partial charge in [0, 0.05) is 25.0 Å². The Morgan fingerprint density at radius 1 is 1.00 bits per heavy atom. The van der Waals surface area contributed by atoms with Gasteiger partial charge in [0.05, 0.1) is 13.2 Å². The number of carboxylic acids is 2. The van der Waals surface area contributed by atoms with Crippen molar-refractivity contribution in [3.05, 3.63) is 12.2 Å². The zero-order valence-electron chi connectivity index (χ0n) is 10.1. The Morgan fingerprint density at radius 2 is 1.42 bits per heavy atom. The van der Waals surface area contributed by atoms with Gasteiger partial charge in [0.25, 0.3) is 11.8 Å². The van der Waals surface area contributed by atoms with Crippen molar-refractivity contribution in [2.45, 2.75) is 19.3 Å². The Balaban J connectivity index is 0.000000344. The molecule has 1 rings (SSSR count). The molecule has 0 fully saturated rings. The van der Waals surface area contributed by atoms with Gasteiger partial charge in [-0.1, -0.05) is 0 Å². The number of carbonyl (C=O) groups is 4. The van der Waals surface area contributed by atoms with Gasteiger partial charge in [-0.2, -0.15) is 0 Å². The van der Waals surface area contributed by atoms with E-state index in [1.165, 1.54) is 12.2 Å². The minimum atomic E-state index is -0.948. The molecule has 0 aromatic rings. The maximum Gasteiger partial charge on any atom is 0.303 e. The Labute approximate surface area is 108 Å². The number of nitrogens with zero attached hydrogens (tertiary/aromatic N) is 1. The van der Waals surface area contributed by atoms with E-state index >= 15 is 0 Å². The lowest BCUT2D eigenvalue weighted by molar-refractivity contribution is -0.139. The Hall–Kier alpha value is -2.22. The molecule has 0 atom stereocenters. The lowest BCUT2D eigenvalue weighted by atomic mass is 10.2. The Bertz CT molecular complexity index is 357. The van der Waals surface area contributed by atoms with Crippen LogP contribution in [0.2, 0.25) is 0 Å². The summed E-state index contributed by atoms with van der Waals surface area (Å²) in [5, 5.41) is 24.5. The van der Waals surface area contributed by atoms with E-state index in [1.807, 2.05) is 0 Å². The molecule has 1 heterocycles. The molecule has 3 N–H and O–H groups in total. The number of aliphatic hydroxyl groups is 1. The van der Waals surface area contributed by atoms with Crippen molar-refractivity contribution in [2.24, 2.45) is 0 Å². The molecule has 106 valence electrons. The molecule has 0 aliphatic carbocycles. The van der Waals surface area contributed by atoms with E-state index in [2.05, 4.69) is 0 Å². The predicted molar refractivity (Wildman–Crippen MR) is 62.1 cm³/mol. The number of hydrogen-bond acceptors (Lipinski definition) is 5. The molecule has 0 spiro atoms. The Morgan fingerprint density at radius 3 is 1.74 bits per heavy atom. The van der Waals surface area contributed by atoms with Crippen LogP contribution in [0.4, 0.5) is 0 Å². The maximum absolute atomic E-state index is 10.7. The van der Waals surface area contributed by atoms with Crippen LogP contribution < -0.4 is 0 Å². The van der Waals surface area contributed by atoms with E-state index in [4.69, 9.17) is 15.3 Å². The molecule has 8 heteroatoms. The van der Waals surface area contributed by atoms with Gasteiger partial charge in [0.15, 0.2) is 0 Å². The zero-order valence-corrected chi connectivity index (χ0v) is 10.1.